The maximum atomic E-state index is 12.5. The van der Waals surface area contributed by atoms with Gasteiger partial charge in [-0.2, -0.15) is 0 Å². The number of benzene rings is 2. The molecule has 0 bridgehead atoms. The molecule has 2 aromatic carbocycles. The lowest BCUT2D eigenvalue weighted by Crippen LogP contribution is -2.52. The number of phenolic OH excluding ortho intramolecular Hbond substituents is 1. The molecule has 3 rings (SSSR count). The van der Waals surface area contributed by atoms with Crippen molar-refractivity contribution in [1.82, 2.24) is 10.2 Å². The molecule has 0 radical (unpaired) electrons. The Kier molecular flexibility index (Phi) is 5.25. The monoisotopic (exact) mass is 342 g/mol. The lowest BCUT2D eigenvalue weighted by atomic mass is 10.1. The molecule has 0 aromatic heterocycles. The van der Waals surface area contributed by atoms with Crippen LogP contribution in [0.4, 0.5) is 0 Å². The zero-order chi connectivity index (χ0) is 18.0. The summed E-state index contributed by atoms with van der Waals surface area (Å²) in [7, 11) is 0. The van der Waals surface area contributed by atoms with Crippen LogP contribution in [0.1, 0.15) is 31.1 Å². The number of hydrogen-bond donors (Lipinski definition) is 2. The quantitative estimate of drug-likeness (QED) is 0.897. The van der Waals surface area contributed by atoms with Gasteiger partial charge in [-0.1, -0.05) is 24.3 Å². The molecule has 5 heteroatoms. The fourth-order valence-corrected chi connectivity index (χ4v) is 3.45. The van der Waals surface area contributed by atoms with E-state index >= 15 is 0 Å². The van der Waals surface area contributed by atoms with Crippen LogP contribution in [0.3, 0.4) is 0 Å². The second kappa shape index (κ2) is 7.42. The van der Waals surface area contributed by atoms with Crippen molar-refractivity contribution >= 4 is 16.7 Å². The molecule has 2 N–H and O–H groups in total. The number of hydrogen-bond acceptors (Lipinski definition) is 4. The summed E-state index contributed by atoms with van der Waals surface area (Å²) in [6, 6.07) is 11.3. The number of carbonyl (C=O) groups is 1. The number of fused-ring (bicyclic) bond motifs is 1. The van der Waals surface area contributed by atoms with Gasteiger partial charge in [0.25, 0.3) is 5.91 Å². The summed E-state index contributed by atoms with van der Waals surface area (Å²) >= 11 is 0. The van der Waals surface area contributed by atoms with Crippen LogP contribution in [0.5, 0.6) is 5.75 Å². The molecule has 1 saturated heterocycles. The fraction of sp³-hybridized carbons (Fsp3) is 0.450. The van der Waals surface area contributed by atoms with Crippen molar-refractivity contribution in [1.29, 1.82) is 0 Å². The first-order valence-corrected chi connectivity index (χ1v) is 8.83. The minimum absolute atomic E-state index is 0.0115. The first-order valence-electron chi connectivity index (χ1n) is 8.83. The van der Waals surface area contributed by atoms with Crippen LogP contribution in [0.25, 0.3) is 10.8 Å². The van der Waals surface area contributed by atoms with E-state index < -0.39 is 0 Å². The second-order valence-corrected chi connectivity index (χ2v) is 6.99. The predicted octanol–water partition coefficient (Wildman–Crippen LogP) is 2.77. The highest BCUT2D eigenvalue weighted by Gasteiger charge is 2.26. The second-order valence-electron chi connectivity index (χ2n) is 6.99. The number of nitrogens with one attached hydrogen (secondary N) is 1. The SMILES string of the molecule is C[C@@H]1CN([C@H](C)CNC(=O)c2cc3ccccc3cc2O)C[C@H](C)O1. The molecule has 1 aliphatic heterocycles. The molecule has 0 unspecified atom stereocenters. The summed E-state index contributed by atoms with van der Waals surface area (Å²) in [4.78, 5) is 14.8. The van der Waals surface area contributed by atoms with Gasteiger partial charge in [-0.3, -0.25) is 9.69 Å². The minimum atomic E-state index is -0.246. The molecule has 1 aliphatic rings. The summed E-state index contributed by atoms with van der Waals surface area (Å²) in [5.74, 6) is -0.234. The molecule has 0 saturated carbocycles. The Morgan fingerprint density at radius 1 is 1.24 bits per heavy atom. The van der Waals surface area contributed by atoms with Crippen LogP contribution in [0, 0.1) is 0 Å². The van der Waals surface area contributed by atoms with E-state index in [9.17, 15) is 9.90 Å². The third kappa shape index (κ3) is 4.11. The highest BCUT2D eigenvalue weighted by molar-refractivity contribution is 6.01. The van der Waals surface area contributed by atoms with Crippen molar-refractivity contribution < 1.29 is 14.6 Å². The van der Waals surface area contributed by atoms with Gasteiger partial charge in [0, 0.05) is 25.7 Å². The molecule has 25 heavy (non-hydrogen) atoms. The van der Waals surface area contributed by atoms with Gasteiger partial charge in [-0.25, -0.2) is 0 Å². The molecular weight excluding hydrogens is 316 g/mol. The lowest BCUT2D eigenvalue weighted by molar-refractivity contribution is -0.0778. The number of rotatable bonds is 4. The van der Waals surface area contributed by atoms with Gasteiger partial charge < -0.3 is 15.2 Å². The number of aromatic hydroxyl groups is 1. The van der Waals surface area contributed by atoms with Gasteiger partial charge in [0.15, 0.2) is 0 Å². The Morgan fingerprint density at radius 3 is 2.48 bits per heavy atom. The van der Waals surface area contributed by atoms with E-state index in [1.54, 1.807) is 12.1 Å². The molecule has 0 aliphatic carbocycles. The van der Waals surface area contributed by atoms with Gasteiger partial charge in [0.2, 0.25) is 0 Å². The van der Waals surface area contributed by atoms with Gasteiger partial charge in [-0.05, 0) is 43.7 Å². The van der Waals surface area contributed by atoms with Gasteiger partial charge in [-0.15, -0.1) is 0 Å². The van der Waals surface area contributed by atoms with E-state index in [2.05, 4.69) is 31.0 Å². The van der Waals surface area contributed by atoms with Gasteiger partial charge >= 0.3 is 0 Å². The largest absolute Gasteiger partial charge is 0.507 e. The van der Waals surface area contributed by atoms with E-state index in [0.717, 1.165) is 23.9 Å². The highest BCUT2D eigenvalue weighted by Crippen LogP contribution is 2.25. The number of ether oxygens (including phenoxy) is 1. The van der Waals surface area contributed by atoms with Crippen molar-refractivity contribution in [3.05, 3.63) is 42.0 Å². The summed E-state index contributed by atoms with van der Waals surface area (Å²) < 4.78 is 5.76. The summed E-state index contributed by atoms with van der Waals surface area (Å²) in [6.07, 6.45) is 0.401. The summed E-state index contributed by atoms with van der Waals surface area (Å²) in [6.45, 7) is 8.50. The third-order valence-electron chi connectivity index (χ3n) is 4.74. The predicted molar refractivity (Wildman–Crippen MR) is 99.0 cm³/mol. The smallest absolute Gasteiger partial charge is 0.255 e. The van der Waals surface area contributed by atoms with E-state index in [4.69, 9.17) is 4.74 Å². The molecular formula is C20H26N2O3. The Hall–Kier alpha value is -2.11. The standard InChI is InChI=1S/C20H26N2O3/c1-13(22-11-14(2)25-15(3)12-22)10-21-20(24)18-8-16-6-4-5-7-17(16)9-19(18)23/h4-9,13-15,23H,10-12H2,1-3H3,(H,21,24)/t13-,14-,15+/m1/s1. The van der Waals surface area contributed by atoms with Crippen LogP contribution >= 0.6 is 0 Å². The lowest BCUT2D eigenvalue weighted by Gasteiger charge is -2.39. The summed E-state index contributed by atoms with van der Waals surface area (Å²) in [5.41, 5.74) is 0.314. The average Bonchev–Trinajstić information content (AvgIpc) is 2.57. The van der Waals surface area contributed by atoms with E-state index in [1.165, 1.54) is 0 Å². The summed E-state index contributed by atoms with van der Waals surface area (Å²) in [5, 5.41) is 15.0. The van der Waals surface area contributed by atoms with Crippen molar-refractivity contribution in [2.45, 2.75) is 39.0 Å². The molecule has 1 fully saturated rings. The molecule has 3 atom stereocenters. The van der Waals surface area contributed by atoms with Crippen LogP contribution in [-0.2, 0) is 4.74 Å². The van der Waals surface area contributed by atoms with Crippen molar-refractivity contribution in [2.75, 3.05) is 19.6 Å². The first kappa shape index (κ1) is 17.7. The Labute approximate surface area is 148 Å². The van der Waals surface area contributed by atoms with Gasteiger partial charge in [0.1, 0.15) is 5.75 Å². The average molecular weight is 342 g/mol. The number of carbonyl (C=O) groups excluding carboxylic acids is 1. The molecule has 1 amide bonds. The number of nitrogens with zero attached hydrogens (tertiary/aromatic N) is 1. The first-order chi connectivity index (χ1) is 11.9. The fourth-order valence-electron chi connectivity index (χ4n) is 3.45. The number of morpholine rings is 1. The van der Waals surface area contributed by atoms with Crippen molar-refractivity contribution in [3.63, 3.8) is 0 Å². The van der Waals surface area contributed by atoms with Crippen LogP contribution in [-0.4, -0.2) is 53.8 Å². The Morgan fingerprint density at radius 2 is 1.84 bits per heavy atom. The molecule has 134 valence electrons. The van der Waals surface area contributed by atoms with E-state index in [1.807, 2.05) is 24.3 Å². The minimum Gasteiger partial charge on any atom is -0.507 e. The van der Waals surface area contributed by atoms with E-state index in [-0.39, 0.29) is 29.9 Å². The zero-order valence-corrected chi connectivity index (χ0v) is 15.0. The highest BCUT2D eigenvalue weighted by atomic mass is 16.5. The van der Waals surface area contributed by atoms with E-state index in [0.29, 0.717) is 12.1 Å². The van der Waals surface area contributed by atoms with Crippen LogP contribution in [0.15, 0.2) is 36.4 Å². The molecule has 2 aromatic rings. The molecule has 1 heterocycles. The zero-order valence-electron chi connectivity index (χ0n) is 15.0. The van der Waals surface area contributed by atoms with Crippen molar-refractivity contribution in [2.24, 2.45) is 0 Å². The Balaban J connectivity index is 1.65. The number of amides is 1. The maximum Gasteiger partial charge on any atom is 0.255 e. The molecule has 5 nitrogen and oxygen atoms in total. The maximum absolute atomic E-state index is 12.5. The topological polar surface area (TPSA) is 61.8 Å². The third-order valence-corrected chi connectivity index (χ3v) is 4.74. The number of phenols is 1. The molecule has 0 spiro atoms. The van der Waals surface area contributed by atoms with Crippen LogP contribution in [0.2, 0.25) is 0 Å². The van der Waals surface area contributed by atoms with Crippen LogP contribution < -0.4 is 5.32 Å². The normalized spacial score (nSPS) is 22.7. The Bertz CT molecular complexity index is 752. The van der Waals surface area contributed by atoms with Gasteiger partial charge in [0.05, 0.1) is 17.8 Å². The van der Waals surface area contributed by atoms with Crippen molar-refractivity contribution in [3.8, 4) is 5.75 Å².